The number of nitrogens with zero attached hydrogens (tertiary/aromatic N) is 1. The monoisotopic (exact) mass is 347 g/mol. The smallest absolute Gasteiger partial charge is 0.0712 e. The lowest BCUT2D eigenvalue weighted by atomic mass is 9.82. The van der Waals surface area contributed by atoms with E-state index in [2.05, 4.69) is 84.0 Å². The molecule has 1 aromatic heterocycles. The molecule has 1 aliphatic rings. The molecular weight excluding hydrogens is 314 g/mol. The van der Waals surface area contributed by atoms with Crippen molar-refractivity contribution < 1.29 is 0 Å². The van der Waals surface area contributed by atoms with Gasteiger partial charge in [0.1, 0.15) is 0 Å². The van der Waals surface area contributed by atoms with Crippen molar-refractivity contribution in [1.82, 2.24) is 4.98 Å². The molecule has 1 atom stereocenters. The summed E-state index contributed by atoms with van der Waals surface area (Å²) in [4.78, 5) is 5.01. The van der Waals surface area contributed by atoms with E-state index in [4.69, 9.17) is 4.98 Å². The van der Waals surface area contributed by atoms with Crippen molar-refractivity contribution >= 4 is 16.5 Å². The van der Waals surface area contributed by atoms with E-state index in [1.807, 2.05) is 13.8 Å². The molecule has 1 aliphatic carbocycles. The fraction of sp³-hybridized carbons (Fsp3) is 0.400. The summed E-state index contributed by atoms with van der Waals surface area (Å²) < 4.78 is 0. The van der Waals surface area contributed by atoms with Crippen LogP contribution in [0.1, 0.15) is 72.6 Å². The van der Waals surface area contributed by atoms with E-state index in [1.54, 1.807) is 0 Å². The van der Waals surface area contributed by atoms with Crippen molar-refractivity contribution in [2.45, 2.75) is 61.3 Å². The van der Waals surface area contributed by atoms with Gasteiger partial charge in [-0.05, 0) is 56.0 Å². The maximum Gasteiger partial charge on any atom is 0.0712 e. The van der Waals surface area contributed by atoms with Gasteiger partial charge in [-0.2, -0.15) is 0 Å². The molecule has 0 amide bonds. The molecular formula is C25H33N. The Bertz CT molecular complexity index is 874. The lowest BCUT2D eigenvalue weighted by molar-refractivity contribution is 0.861. The van der Waals surface area contributed by atoms with Crippen molar-refractivity contribution in [3.8, 4) is 0 Å². The molecule has 1 nitrogen and oxygen atoms in total. The zero-order valence-corrected chi connectivity index (χ0v) is 17.6. The Kier molecular flexibility index (Phi) is 6.58. The lowest BCUT2D eigenvalue weighted by Crippen LogP contribution is -2.08. The number of fused-ring (bicyclic) bond motifs is 1. The second kappa shape index (κ2) is 8.49. The van der Waals surface area contributed by atoms with Gasteiger partial charge in [-0.15, -0.1) is 0 Å². The van der Waals surface area contributed by atoms with Gasteiger partial charge in [-0.3, -0.25) is 0 Å². The average Bonchev–Trinajstić information content (AvgIpc) is 2.61. The van der Waals surface area contributed by atoms with E-state index in [-0.39, 0.29) is 0 Å². The Hall–Kier alpha value is -2.15. The van der Waals surface area contributed by atoms with Gasteiger partial charge < -0.3 is 0 Å². The molecule has 1 heteroatoms. The summed E-state index contributed by atoms with van der Waals surface area (Å²) in [5, 5.41) is 1.21. The Balaban J connectivity index is 0.00000117. The van der Waals surface area contributed by atoms with Crippen LogP contribution in [0.3, 0.4) is 0 Å². The Morgan fingerprint density at radius 1 is 1.04 bits per heavy atom. The summed E-state index contributed by atoms with van der Waals surface area (Å²) in [6.07, 6.45) is 4.62. The second-order valence-corrected chi connectivity index (χ2v) is 7.47. The predicted octanol–water partition coefficient (Wildman–Crippen LogP) is 7.70. The number of aromatic nitrogens is 1. The standard InChI is InChI=1S/C23H27N.C2H6/c1-14(2)19-8-7-18-9-10-21(24-22(18)13-19)20-12-16(5)11-17(6)23(20)15(3)4;1-2/h7-14,17H,1-6H3;1-2H3. The van der Waals surface area contributed by atoms with Gasteiger partial charge in [-0.1, -0.05) is 70.0 Å². The molecule has 0 aliphatic heterocycles. The summed E-state index contributed by atoms with van der Waals surface area (Å²) in [5.41, 5.74) is 8.89. The second-order valence-electron chi connectivity index (χ2n) is 7.47. The first-order valence-electron chi connectivity index (χ1n) is 9.85. The molecule has 0 radical (unpaired) electrons. The molecule has 0 fully saturated rings. The van der Waals surface area contributed by atoms with E-state index in [0.717, 1.165) is 11.2 Å². The molecule has 0 N–H and O–H groups in total. The number of pyridine rings is 1. The highest BCUT2D eigenvalue weighted by molar-refractivity contribution is 5.87. The zero-order chi connectivity index (χ0) is 19.4. The van der Waals surface area contributed by atoms with Gasteiger partial charge in [-0.25, -0.2) is 4.98 Å². The molecule has 0 saturated heterocycles. The third-order valence-corrected chi connectivity index (χ3v) is 4.83. The molecule has 0 bridgehead atoms. The van der Waals surface area contributed by atoms with Crippen molar-refractivity contribution in [2.75, 3.05) is 0 Å². The highest BCUT2D eigenvalue weighted by atomic mass is 14.7. The number of hydrogen-bond donors (Lipinski definition) is 0. The van der Waals surface area contributed by atoms with E-state index in [0.29, 0.717) is 11.8 Å². The summed E-state index contributed by atoms with van der Waals surface area (Å²) in [5.74, 6) is 0.960. The van der Waals surface area contributed by atoms with Crippen molar-refractivity contribution in [1.29, 1.82) is 0 Å². The molecule has 1 unspecified atom stereocenters. The summed E-state index contributed by atoms with van der Waals surface area (Å²) in [6, 6.07) is 11.0. The Morgan fingerprint density at radius 3 is 2.31 bits per heavy atom. The fourth-order valence-electron chi connectivity index (χ4n) is 3.66. The van der Waals surface area contributed by atoms with Gasteiger partial charge in [0, 0.05) is 16.9 Å². The largest absolute Gasteiger partial charge is 0.248 e. The first kappa shape index (κ1) is 20.2. The molecule has 1 aromatic carbocycles. The van der Waals surface area contributed by atoms with Gasteiger partial charge in [0.05, 0.1) is 11.2 Å². The van der Waals surface area contributed by atoms with Crippen LogP contribution in [0.15, 0.2) is 59.2 Å². The summed E-state index contributed by atoms with van der Waals surface area (Å²) in [6.45, 7) is 17.3. The first-order chi connectivity index (χ1) is 12.4. The van der Waals surface area contributed by atoms with Crippen LogP contribution in [0, 0.1) is 5.92 Å². The van der Waals surface area contributed by atoms with Crippen LogP contribution in [-0.4, -0.2) is 4.98 Å². The third-order valence-electron chi connectivity index (χ3n) is 4.83. The molecule has 26 heavy (non-hydrogen) atoms. The minimum Gasteiger partial charge on any atom is -0.248 e. The van der Waals surface area contributed by atoms with Crippen LogP contribution in [-0.2, 0) is 0 Å². The van der Waals surface area contributed by atoms with Crippen molar-refractivity contribution in [2.24, 2.45) is 5.92 Å². The fourth-order valence-corrected chi connectivity index (χ4v) is 3.66. The summed E-state index contributed by atoms with van der Waals surface area (Å²) in [7, 11) is 0. The van der Waals surface area contributed by atoms with Gasteiger partial charge >= 0.3 is 0 Å². The van der Waals surface area contributed by atoms with Crippen LogP contribution >= 0.6 is 0 Å². The highest BCUT2D eigenvalue weighted by Gasteiger charge is 2.20. The van der Waals surface area contributed by atoms with E-state index in [9.17, 15) is 0 Å². The molecule has 0 spiro atoms. The van der Waals surface area contributed by atoms with Gasteiger partial charge in [0.2, 0.25) is 0 Å². The third kappa shape index (κ3) is 4.15. The van der Waals surface area contributed by atoms with Gasteiger partial charge in [0.25, 0.3) is 0 Å². The summed E-state index contributed by atoms with van der Waals surface area (Å²) >= 11 is 0. The topological polar surface area (TPSA) is 12.9 Å². The lowest BCUT2D eigenvalue weighted by Gasteiger charge is -2.23. The maximum absolute atomic E-state index is 5.01. The Morgan fingerprint density at radius 2 is 1.69 bits per heavy atom. The van der Waals surface area contributed by atoms with E-state index in [1.165, 1.54) is 33.2 Å². The van der Waals surface area contributed by atoms with Crippen LogP contribution in [0.5, 0.6) is 0 Å². The Labute approximate surface area is 159 Å². The van der Waals surface area contributed by atoms with E-state index < -0.39 is 0 Å². The first-order valence-corrected chi connectivity index (χ1v) is 9.85. The number of allylic oxidation sites excluding steroid dienone is 6. The zero-order valence-electron chi connectivity index (χ0n) is 17.6. The van der Waals surface area contributed by atoms with Crippen molar-refractivity contribution in [3.05, 3.63) is 70.5 Å². The average molecular weight is 348 g/mol. The minimum absolute atomic E-state index is 0.439. The van der Waals surface area contributed by atoms with Crippen molar-refractivity contribution in [3.63, 3.8) is 0 Å². The number of hydrogen-bond acceptors (Lipinski definition) is 1. The van der Waals surface area contributed by atoms with E-state index >= 15 is 0 Å². The quantitative estimate of drug-likeness (QED) is 0.542. The molecule has 0 saturated carbocycles. The number of benzene rings is 1. The molecule has 138 valence electrons. The SMILES string of the molecule is CC.CC1=CC(C)C(=C(C)C)C(c2ccc3ccc(C(C)C)cc3n2)=C1. The van der Waals surface area contributed by atoms with Crippen LogP contribution in [0.4, 0.5) is 0 Å². The van der Waals surface area contributed by atoms with Gasteiger partial charge in [0.15, 0.2) is 0 Å². The van der Waals surface area contributed by atoms with Crippen LogP contribution < -0.4 is 0 Å². The molecule has 3 rings (SSSR count). The predicted molar refractivity (Wildman–Crippen MR) is 116 cm³/mol. The van der Waals surface area contributed by atoms with Crippen LogP contribution in [0.2, 0.25) is 0 Å². The number of rotatable bonds is 2. The van der Waals surface area contributed by atoms with Crippen LogP contribution in [0.25, 0.3) is 16.5 Å². The normalized spacial score (nSPS) is 16.8. The molecule has 1 heterocycles. The molecule has 2 aromatic rings. The highest BCUT2D eigenvalue weighted by Crippen LogP contribution is 2.37. The minimum atomic E-state index is 0.439. The maximum atomic E-state index is 5.01.